The largest absolute Gasteiger partial charge is 0.448 e. The first-order valence-corrected chi connectivity index (χ1v) is 14.3. The van der Waals surface area contributed by atoms with Gasteiger partial charge in [-0.15, -0.1) is 0 Å². The second-order valence-corrected chi connectivity index (χ2v) is 12.8. The van der Waals surface area contributed by atoms with Gasteiger partial charge in [0, 0.05) is 28.9 Å². The Bertz CT molecular complexity index is 1400. The van der Waals surface area contributed by atoms with Crippen molar-refractivity contribution in [2.24, 2.45) is 10.8 Å². The summed E-state index contributed by atoms with van der Waals surface area (Å²) in [7, 11) is 0. The van der Waals surface area contributed by atoms with Crippen LogP contribution in [0, 0.1) is 10.8 Å². The smallest absolute Gasteiger partial charge is 0.313 e. The van der Waals surface area contributed by atoms with Crippen molar-refractivity contribution in [1.29, 1.82) is 0 Å². The fraction of sp³-hybridized carbons (Fsp3) is 0.438. The Morgan fingerprint density at radius 1 is 1.03 bits per heavy atom. The Hall–Kier alpha value is -2.70. The lowest BCUT2D eigenvalue weighted by molar-refractivity contribution is -0.176. The average molecular weight is 577 g/mol. The van der Waals surface area contributed by atoms with E-state index in [1.807, 2.05) is 37.8 Å². The minimum Gasteiger partial charge on any atom is -0.448 e. The maximum absolute atomic E-state index is 14.1. The predicted octanol–water partition coefficient (Wildman–Crippen LogP) is 6.63. The number of likely N-dealkylation sites (tertiary alicyclic amines) is 1. The molecule has 198 valence electrons. The van der Waals surface area contributed by atoms with Crippen LogP contribution < -0.4 is 0 Å². The molecular weight excluding hydrogens is 542 g/mol. The van der Waals surface area contributed by atoms with Crippen molar-refractivity contribution in [2.75, 3.05) is 13.1 Å². The van der Waals surface area contributed by atoms with E-state index in [-0.39, 0.29) is 23.9 Å². The Kier molecular flexibility index (Phi) is 6.19. The number of benzene rings is 3. The van der Waals surface area contributed by atoms with Crippen molar-refractivity contribution in [2.45, 2.75) is 64.3 Å². The number of fused-ring (bicyclic) bond motifs is 3. The number of carbonyl (C=O) groups excluding carboxylic acids is 2. The van der Waals surface area contributed by atoms with Gasteiger partial charge in [0.2, 0.25) is 0 Å². The van der Waals surface area contributed by atoms with Gasteiger partial charge in [0.05, 0.1) is 18.1 Å². The third kappa shape index (κ3) is 3.83. The fourth-order valence-corrected chi connectivity index (χ4v) is 7.13. The third-order valence-corrected chi connectivity index (χ3v) is 10.4. The molecule has 5 nitrogen and oxygen atoms in total. The van der Waals surface area contributed by atoms with E-state index >= 15 is 0 Å². The van der Waals surface area contributed by atoms with Crippen LogP contribution in [0.5, 0.6) is 0 Å². The molecule has 6 rings (SSSR count). The number of halogens is 1. The number of hydrogen-bond donors (Lipinski definition) is 0. The quantitative estimate of drug-likeness (QED) is 0.320. The van der Waals surface area contributed by atoms with Crippen LogP contribution in [0.2, 0.25) is 0 Å². The van der Waals surface area contributed by atoms with Crippen LogP contribution in [0.4, 0.5) is 0 Å². The Morgan fingerprint density at radius 3 is 2.45 bits per heavy atom. The van der Waals surface area contributed by atoms with E-state index in [2.05, 4.69) is 70.5 Å². The summed E-state index contributed by atoms with van der Waals surface area (Å²) in [5.41, 5.74) is 0.0510. The highest BCUT2D eigenvalue weighted by Crippen LogP contribution is 2.66. The number of ether oxygens (including phenoxy) is 2. The first kappa shape index (κ1) is 25.6. The number of nitrogens with zero attached hydrogens (tertiary/aromatic N) is 1. The summed E-state index contributed by atoms with van der Waals surface area (Å²) >= 11 is 3.54. The standard InChI is InChI=1S/C32H34BrNO4/c1-30(2)31(3)15-16-32(30,38-29(31)36)28(35)34-17-14-26(23-10-12-25(33)13-11-23)27(19-34)37-20-21-8-9-22-6-4-5-7-24(22)18-21/h4-13,18,26-27H,14-17,19-20H2,1-3H3/t26-,27+,31-,32+/m0/s1. The molecule has 2 heterocycles. The molecule has 3 aromatic carbocycles. The molecule has 0 unspecified atom stereocenters. The molecule has 1 aliphatic carbocycles. The molecule has 3 aromatic rings. The van der Waals surface area contributed by atoms with Gasteiger partial charge < -0.3 is 14.4 Å². The highest BCUT2D eigenvalue weighted by atomic mass is 79.9. The summed E-state index contributed by atoms with van der Waals surface area (Å²) in [6.45, 7) is 7.54. The topological polar surface area (TPSA) is 55.8 Å². The molecule has 4 atom stereocenters. The molecule has 1 amide bonds. The molecule has 2 bridgehead atoms. The minimum absolute atomic E-state index is 0.0642. The summed E-state index contributed by atoms with van der Waals surface area (Å²) < 4.78 is 13.6. The minimum atomic E-state index is -1.09. The van der Waals surface area contributed by atoms with Crippen LogP contribution >= 0.6 is 15.9 Å². The van der Waals surface area contributed by atoms with Crippen LogP contribution in [0.25, 0.3) is 10.8 Å². The van der Waals surface area contributed by atoms with Gasteiger partial charge in [0.1, 0.15) is 0 Å². The first-order chi connectivity index (χ1) is 18.1. The van der Waals surface area contributed by atoms with Crippen molar-refractivity contribution in [1.82, 2.24) is 4.90 Å². The summed E-state index contributed by atoms with van der Waals surface area (Å²) in [6.07, 6.45) is 1.88. The molecule has 38 heavy (non-hydrogen) atoms. The molecule has 2 aliphatic heterocycles. The zero-order chi connectivity index (χ0) is 26.7. The van der Waals surface area contributed by atoms with E-state index in [4.69, 9.17) is 9.47 Å². The molecule has 0 N–H and O–H groups in total. The average Bonchev–Trinajstić information content (AvgIpc) is 3.22. The van der Waals surface area contributed by atoms with Crippen LogP contribution in [0.1, 0.15) is 57.1 Å². The van der Waals surface area contributed by atoms with Gasteiger partial charge in [-0.1, -0.05) is 78.3 Å². The molecule has 3 aliphatic rings. The van der Waals surface area contributed by atoms with Crippen LogP contribution in [0.15, 0.2) is 71.2 Å². The highest BCUT2D eigenvalue weighted by Gasteiger charge is 2.76. The predicted molar refractivity (Wildman–Crippen MR) is 151 cm³/mol. The molecular formula is C32H34BrNO4. The van der Waals surface area contributed by atoms with E-state index in [1.165, 1.54) is 16.3 Å². The van der Waals surface area contributed by atoms with Gasteiger partial charge in [-0.05, 0) is 66.3 Å². The maximum atomic E-state index is 14.1. The first-order valence-electron chi connectivity index (χ1n) is 13.5. The van der Waals surface area contributed by atoms with Crippen LogP contribution in [-0.4, -0.2) is 41.6 Å². The number of piperidine rings is 1. The van der Waals surface area contributed by atoms with E-state index in [0.717, 1.165) is 16.5 Å². The molecule has 0 aromatic heterocycles. The van der Waals surface area contributed by atoms with Crippen LogP contribution in [0.3, 0.4) is 0 Å². The Morgan fingerprint density at radius 2 is 1.76 bits per heavy atom. The van der Waals surface area contributed by atoms with Gasteiger partial charge in [-0.3, -0.25) is 9.59 Å². The normalized spacial score (nSPS) is 30.0. The van der Waals surface area contributed by atoms with Crippen molar-refractivity contribution in [3.63, 3.8) is 0 Å². The van der Waals surface area contributed by atoms with Gasteiger partial charge in [-0.25, -0.2) is 0 Å². The third-order valence-electron chi connectivity index (χ3n) is 9.85. The van der Waals surface area contributed by atoms with E-state index < -0.39 is 16.4 Å². The lowest BCUT2D eigenvalue weighted by Gasteiger charge is -2.44. The molecule has 1 saturated carbocycles. The SMILES string of the molecule is CC1(C)[C@@]2(C)CC[C@]1(C(=O)N1CC[C@@H](c3ccc(Br)cc3)[C@H](OCc3ccc4ccccc4c3)C1)OC2=O. The van der Waals surface area contributed by atoms with E-state index in [9.17, 15) is 9.59 Å². The maximum Gasteiger partial charge on any atom is 0.313 e. The summed E-state index contributed by atoms with van der Waals surface area (Å²) in [6, 6.07) is 23.1. The number of esters is 1. The molecule has 6 heteroatoms. The summed E-state index contributed by atoms with van der Waals surface area (Å²) in [5.74, 6) is -0.139. The van der Waals surface area contributed by atoms with Gasteiger partial charge >= 0.3 is 5.97 Å². The molecule has 0 radical (unpaired) electrons. The Balaban J connectivity index is 1.26. The number of amides is 1. The second-order valence-electron chi connectivity index (χ2n) is 11.9. The van der Waals surface area contributed by atoms with Crippen molar-refractivity contribution in [3.8, 4) is 0 Å². The van der Waals surface area contributed by atoms with Gasteiger partial charge in [0.15, 0.2) is 5.60 Å². The van der Waals surface area contributed by atoms with E-state index in [1.54, 1.807) is 0 Å². The fourth-order valence-electron chi connectivity index (χ4n) is 6.87. The number of hydrogen-bond acceptors (Lipinski definition) is 4. The molecule has 0 spiro atoms. The highest BCUT2D eigenvalue weighted by molar-refractivity contribution is 9.10. The van der Waals surface area contributed by atoms with Gasteiger partial charge in [-0.2, -0.15) is 0 Å². The molecule has 3 fully saturated rings. The summed E-state index contributed by atoms with van der Waals surface area (Å²) in [5, 5.41) is 2.39. The zero-order valence-corrected chi connectivity index (χ0v) is 23.8. The zero-order valence-electron chi connectivity index (χ0n) is 22.2. The van der Waals surface area contributed by atoms with E-state index in [0.29, 0.717) is 32.5 Å². The monoisotopic (exact) mass is 575 g/mol. The molecule has 2 saturated heterocycles. The van der Waals surface area contributed by atoms with Crippen LogP contribution in [-0.2, 0) is 25.7 Å². The second kappa shape index (κ2) is 9.20. The van der Waals surface area contributed by atoms with Crippen molar-refractivity contribution >= 4 is 38.6 Å². The van der Waals surface area contributed by atoms with Crippen molar-refractivity contribution in [3.05, 3.63) is 82.3 Å². The Labute approximate surface area is 232 Å². The summed E-state index contributed by atoms with van der Waals surface area (Å²) in [4.78, 5) is 28.8. The lowest BCUT2D eigenvalue weighted by atomic mass is 9.66. The number of rotatable bonds is 5. The van der Waals surface area contributed by atoms with Crippen molar-refractivity contribution < 1.29 is 19.1 Å². The van der Waals surface area contributed by atoms with Gasteiger partial charge in [0.25, 0.3) is 5.91 Å². The lowest BCUT2D eigenvalue weighted by Crippen LogP contribution is -2.58. The number of carbonyl (C=O) groups is 2.